The molecule has 4 N–H and O–H groups in total. The van der Waals surface area contributed by atoms with Crippen LogP contribution in [0, 0.1) is 0 Å². The van der Waals surface area contributed by atoms with Gasteiger partial charge in [0.25, 0.3) is 0 Å². The van der Waals surface area contributed by atoms with Crippen molar-refractivity contribution in [3.63, 3.8) is 0 Å². The van der Waals surface area contributed by atoms with Crippen molar-refractivity contribution in [2.45, 2.75) is 19.4 Å². The lowest BCUT2D eigenvalue weighted by Crippen LogP contribution is -2.23. The summed E-state index contributed by atoms with van der Waals surface area (Å²) in [7, 11) is 0. The van der Waals surface area contributed by atoms with Crippen LogP contribution in [-0.2, 0) is 17.8 Å². The number of benzene rings is 1. The third kappa shape index (κ3) is 3.35. The maximum absolute atomic E-state index is 11.6. The van der Waals surface area contributed by atoms with Gasteiger partial charge in [0.2, 0.25) is 5.91 Å². The first-order chi connectivity index (χ1) is 8.75. The number of aryl methyl sites for hydroxylation is 1. The summed E-state index contributed by atoms with van der Waals surface area (Å²) in [6.45, 7) is 0.475. The highest BCUT2D eigenvalue weighted by Gasteiger charge is 2.04. The van der Waals surface area contributed by atoms with Gasteiger partial charge in [0.1, 0.15) is 0 Å². The van der Waals surface area contributed by atoms with Crippen LogP contribution in [0.5, 0.6) is 0 Å². The highest BCUT2D eigenvalue weighted by Crippen LogP contribution is 2.12. The molecule has 0 saturated heterocycles. The predicted octanol–water partition coefficient (Wildman–Crippen LogP) is 1.24. The van der Waals surface area contributed by atoms with Gasteiger partial charge in [-0.25, -0.2) is 4.98 Å². The monoisotopic (exact) mass is 244 g/mol. The van der Waals surface area contributed by atoms with Crippen molar-refractivity contribution >= 4 is 11.6 Å². The fourth-order valence-electron chi connectivity index (χ4n) is 1.67. The summed E-state index contributed by atoms with van der Waals surface area (Å²) in [5.41, 5.74) is 8.45. The number of imidazole rings is 1. The zero-order valence-corrected chi connectivity index (χ0v) is 10.0. The molecule has 0 atom stereocenters. The van der Waals surface area contributed by atoms with E-state index >= 15 is 0 Å². The zero-order chi connectivity index (χ0) is 12.8. The first-order valence-corrected chi connectivity index (χ1v) is 5.83. The van der Waals surface area contributed by atoms with E-state index in [0.717, 1.165) is 16.9 Å². The van der Waals surface area contributed by atoms with Crippen LogP contribution < -0.4 is 11.1 Å². The summed E-state index contributed by atoms with van der Waals surface area (Å²) in [6, 6.07) is 7.60. The van der Waals surface area contributed by atoms with Gasteiger partial charge in [0, 0.05) is 18.3 Å². The largest absolute Gasteiger partial charge is 0.399 e. The molecule has 94 valence electrons. The van der Waals surface area contributed by atoms with Crippen LogP contribution in [0.1, 0.15) is 17.7 Å². The number of carbonyl (C=O) groups is 1. The van der Waals surface area contributed by atoms with E-state index in [0.29, 0.717) is 19.4 Å². The standard InChI is InChI=1S/C13H16N4O/c14-12-4-2-1-3-10(12)5-6-13(18)16-8-11-7-15-9-17-11/h1-4,7,9H,5-6,8,14H2,(H,15,17)(H,16,18). The second-order valence-electron chi connectivity index (χ2n) is 4.05. The number of nitrogens with two attached hydrogens (primary N) is 1. The van der Waals surface area contributed by atoms with E-state index in [4.69, 9.17) is 5.73 Å². The summed E-state index contributed by atoms with van der Waals surface area (Å²) >= 11 is 0. The van der Waals surface area contributed by atoms with Crippen LogP contribution >= 0.6 is 0 Å². The van der Waals surface area contributed by atoms with Gasteiger partial charge >= 0.3 is 0 Å². The average molecular weight is 244 g/mol. The Morgan fingerprint density at radius 2 is 2.22 bits per heavy atom. The number of anilines is 1. The van der Waals surface area contributed by atoms with Gasteiger partial charge in [0.15, 0.2) is 0 Å². The van der Waals surface area contributed by atoms with E-state index < -0.39 is 0 Å². The Morgan fingerprint density at radius 3 is 2.94 bits per heavy atom. The average Bonchev–Trinajstić information content (AvgIpc) is 2.88. The van der Waals surface area contributed by atoms with Gasteiger partial charge in [-0.1, -0.05) is 18.2 Å². The van der Waals surface area contributed by atoms with Gasteiger partial charge in [-0.15, -0.1) is 0 Å². The third-order valence-electron chi connectivity index (χ3n) is 2.71. The molecule has 5 heteroatoms. The molecular formula is C13H16N4O. The predicted molar refractivity (Wildman–Crippen MR) is 69.6 cm³/mol. The molecule has 5 nitrogen and oxygen atoms in total. The number of hydrogen-bond acceptors (Lipinski definition) is 3. The Morgan fingerprint density at radius 1 is 1.39 bits per heavy atom. The Balaban J connectivity index is 1.77. The number of rotatable bonds is 5. The number of nitrogens with zero attached hydrogens (tertiary/aromatic N) is 1. The van der Waals surface area contributed by atoms with Crippen molar-refractivity contribution in [1.82, 2.24) is 15.3 Å². The number of amides is 1. The topological polar surface area (TPSA) is 83.8 Å². The SMILES string of the molecule is Nc1ccccc1CCC(=O)NCc1cnc[nH]1. The highest BCUT2D eigenvalue weighted by molar-refractivity contribution is 5.76. The Bertz CT molecular complexity index is 507. The van der Waals surface area contributed by atoms with Crippen molar-refractivity contribution in [3.05, 3.63) is 48.0 Å². The van der Waals surface area contributed by atoms with Gasteiger partial charge in [0.05, 0.1) is 18.6 Å². The second-order valence-corrected chi connectivity index (χ2v) is 4.05. The molecule has 0 fully saturated rings. The molecular weight excluding hydrogens is 228 g/mol. The lowest BCUT2D eigenvalue weighted by Gasteiger charge is -2.06. The summed E-state index contributed by atoms with van der Waals surface area (Å²) < 4.78 is 0. The first-order valence-electron chi connectivity index (χ1n) is 5.83. The number of hydrogen-bond donors (Lipinski definition) is 3. The van der Waals surface area contributed by atoms with E-state index in [1.54, 1.807) is 12.5 Å². The number of H-pyrrole nitrogens is 1. The lowest BCUT2D eigenvalue weighted by atomic mass is 10.1. The van der Waals surface area contributed by atoms with Crippen LogP contribution in [-0.4, -0.2) is 15.9 Å². The van der Waals surface area contributed by atoms with E-state index in [1.165, 1.54) is 0 Å². The molecule has 0 radical (unpaired) electrons. The van der Waals surface area contributed by atoms with E-state index in [-0.39, 0.29) is 5.91 Å². The van der Waals surface area contributed by atoms with Gasteiger partial charge in [-0.3, -0.25) is 4.79 Å². The van der Waals surface area contributed by atoms with Crippen LogP contribution in [0.25, 0.3) is 0 Å². The lowest BCUT2D eigenvalue weighted by molar-refractivity contribution is -0.121. The zero-order valence-electron chi connectivity index (χ0n) is 10.0. The summed E-state index contributed by atoms with van der Waals surface area (Å²) in [4.78, 5) is 18.4. The molecule has 1 heterocycles. The molecule has 0 bridgehead atoms. The molecule has 1 aromatic carbocycles. The second kappa shape index (κ2) is 5.86. The maximum atomic E-state index is 11.6. The number of aromatic nitrogens is 2. The summed E-state index contributed by atoms with van der Waals surface area (Å²) in [5.74, 6) is 0.00727. The highest BCUT2D eigenvalue weighted by atomic mass is 16.1. The van der Waals surface area contributed by atoms with Crippen molar-refractivity contribution in [3.8, 4) is 0 Å². The normalized spacial score (nSPS) is 10.2. The van der Waals surface area contributed by atoms with E-state index in [9.17, 15) is 4.79 Å². The minimum absolute atomic E-state index is 0.00727. The molecule has 2 rings (SSSR count). The fourth-order valence-corrected chi connectivity index (χ4v) is 1.67. The van der Waals surface area contributed by atoms with Crippen LogP contribution in [0.4, 0.5) is 5.69 Å². The minimum atomic E-state index is 0.00727. The van der Waals surface area contributed by atoms with Crippen LogP contribution in [0.2, 0.25) is 0 Å². The number of nitrogen functional groups attached to an aromatic ring is 1. The quantitative estimate of drug-likeness (QED) is 0.692. The molecule has 0 aliphatic rings. The van der Waals surface area contributed by atoms with Crippen molar-refractivity contribution in [2.75, 3.05) is 5.73 Å². The third-order valence-corrected chi connectivity index (χ3v) is 2.71. The Hall–Kier alpha value is -2.30. The van der Waals surface area contributed by atoms with Gasteiger partial charge in [-0.05, 0) is 18.1 Å². The molecule has 0 saturated carbocycles. The molecule has 0 aliphatic heterocycles. The van der Waals surface area contributed by atoms with Crippen molar-refractivity contribution in [1.29, 1.82) is 0 Å². The summed E-state index contributed by atoms with van der Waals surface area (Å²) in [6.07, 6.45) is 4.37. The van der Waals surface area contributed by atoms with Gasteiger partial charge < -0.3 is 16.0 Å². The van der Waals surface area contributed by atoms with Crippen LogP contribution in [0.3, 0.4) is 0 Å². The van der Waals surface area contributed by atoms with E-state index in [2.05, 4.69) is 15.3 Å². The minimum Gasteiger partial charge on any atom is -0.399 e. The molecule has 2 aromatic rings. The van der Waals surface area contributed by atoms with Gasteiger partial charge in [-0.2, -0.15) is 0 Å². The summed E-state index contributed by atoms with van der Waals surface area (Å²) in [5, 5.41) is 2.82. The van der Waals surface area contributed by atoms with Crippen molar-refractivity contribution in [2.24, 2.45) is 0 Å². The Labute approximate surface area is 105 Å². The number of carbonyl (C=O) groups excluding carboxylic acids is 1. The molecule has 0 aliphatic carbocycles. The molecule has 18 heavy (non-hydrogen) atoms. The first kappa shape index (κ1) is 12.2. The number of nitrogens with one attached hydrogen (secondary N) is 2. The Kier molecular flexibility index (Phi) is 3.96. The van der Waals surface area contributed by atoms with E-state index in [1.807, 2.05) is 24.3 Å². The smallest absolute Gasteiger partial charge is 0.220 e. The molecule has 1 amide bonds. The molecule has 0 spiro atoms. The number of para-hydroxylation sites is 1. The maximum Gasteiger partial charge on any atom is 0.220 e. The number of aromatic amines is 1. The molecule has 0 unspecified atom stereocenters. The fraction of sp³-hybridized carbons (Fsp3) is 0.231. The van der Waals surface area contributed by atoms with Crippen molar-refractivity contribution < 1.29 is 4.79 Å². The van der Waals surface area contributed by atoms with Crippen LogP contribution in [0.15, 0.2) is 36.8 Å². The molecule has 1 aromatic heterocycles.